The molecule has 134 valence electrons. The molecule has 2 aromatic heterocycles. The number of nitrogens with zero attached hydrogens (tertiary/aromatic N) is 3. The lowest BCUT2D eigenvalue weighted by Crippen LogP contribution is -2.15. The fraction of sp³-hybridized carbons (Fsp3) is 0.250. The Balaban J connectivity index is 1.99. The third kappa shape index (κ3) is 3.79. The molecule has 1 amide bonds. The zero-order valence-corrected chi connectivity index (χ0v) is 15.2. The van der Waals surface area contributed by atoms with E-state index in [4.69, 9.17) is 0 Å². The Morgan fingerprint density at radius 2 is 1.81 bits per heavy atom. The van der Waals surface area contributed by atoms with Gasteiger partial charge in [0.2, 0.25) is 0 Å². The molecule has 2 heterocycles. The fourth-order valence-electron chi connectivity index (χ4n) is 2.41. The van der Waals surface area contributed by atoms with Gasteiger partial charge in [0, 0.05) is 23.4 Å². The van der Waals surface area contributed by atoms with Gasteiger partial charge >= 0.3 is 0 Å². The maximum atomic E-state index is 13.3. The number of carbonyl (C=O) groups excluding carboxylic acids is 1. The maximum absolute atomic E-state index is 13.3. The molecule has 0 aliphatic rings. The number of aromatic nitrogens is 3. The van der Waals surface area contributed by atoms with Crippen LogP contribution < -0.4 is 5.32 Å². The minimum atomic E-state index is -0.326. The molecule has 3 aromatic rings. The van der Waals surface area contributed by atoms with E-state index >= 15 is 0 Å². The number of amides is 1. The van der Waals surface area contributed by atoms with E-state index in [0.29, 0.717) is 17.1 Å². The van der Waals surface area contributed by atoms with Crippen LogP contribution in [0.15, 0.2) is 48.7 Å². The minimum Gasteiger partial charge on any atom is -0.306 e. The van der Waals surface area contributed by atoms with Crippen molar-refractivity contribution in [2.24, 2.45) is 0 Å². The largest absolute Gasteiger partial charge is 0.306 e. The number of carbonyl (C=O) groups is 1. The molecule has 1 N–H and O–H groups in total. The first-order chi connectivity index (χ1) is 12.2. The summed E-state index contributed by atoms with van der Waals surface area (Å²) in [6.07, 6.45) is 1.54. The van der Waals surface area contributed by atoms with Crippen molar-refractivity contribution in [3.05, 3.63) is 71.4 Å². The summed E-state index contributed by atoms with van der Waals surface area (Å²) < 4.78 is 14.9. The van der Waals surface area contributed by atoms with Crippen LogP contribution in [-0.2, 0) is 5.41 Å². The molecule has 1 aromatic carbocycles. The predicted octanol–water partition coefficient (Wildman–Crippen LogP) is 4.26. The molecule has 0 unspecified atom stereocenters. The smallest absolute Gasteiger partial charge is 0.258 e. The van der Waals surface area contributed by atoms with Crippen molar-refractivity contribution in [3.63, 3.8) is 0 Å². The van der Waals surface area contributed by atoms with Crippen molar-refractivity contribution in [3.8, 4) is 5.69 Å². The molecule has 0 fully saturated rings. The highest BCUT2D eigenvalue weighted by molar-refractivity contribution is 6.03. The molecule has 0 spiro atoms. The lowest BCUT2D eigenvalue weighted by Gasteiger charge is -2.14. The Morgan fingerprint density at radius 1 is 1.12 bits per heavy atom. The summed E-state index contributed by atoms with van der Waals surface area (Å²) in [5.41, 5.74) is 2.59. The van der Waals surface area contributed by atoms with Gasteiger partial charge in [-0.05, 0) is 43.3 Å². The van der Waals surface area contributed by atoms with Gasteiger partial charge in [0.05, 0.1) is 16.9 Å². The molecular formula is C20H21FN4O. The highest BCUT2D eigenvalue weighted by Crippen LogP contribution is 2.26. The van der Waals surface area contributed by atoms with E-state index in [1.165, 1.54) is 18.3 Å². The molecule has 3 rings (SSSR count). The monoisotopic (exact) mass is 352 g/mol. The van der Waals surface area contributed by atoms with Crippen molar-refractivity contribution in [2.45, 2.75) is 33.1 Å². The molecule has 6 heteroatoms. The van der Waals surface area contributed by atoms with Gasteiger partial charge in [-0.3, -0.25) is 9.78 Å². The number of hydrogen-bond acceptors (Lipinski definition) is 3. The van der Waals surface area contributed by atoms with Crippen molar-refractivity contribution in [2.75, 3.05) is 5.32 Å². The first-order valence-electron chi connectivity index (χ1n) is 8.34. The quantitative estimate of drug-likeness (QED) is 0.766. The van der Waals surface area contributed by atoms with Gasteiger partial charge in [0.1, 0.15) is 11.6 Å². The predicted molar refractivity (Wildman–Crippen MR) is 99.1 cm³/mol. The molecule has 0 radical (unpaired) electrons. The molecule has 0 saturated heterocycles. The average Bonchev–Trinajstić information content (AvgIpc) is 3.00. The summed E-state index contributed by atoms with van der Waals surface area (Å²) >= 11 is 0. The van der Waals surface area contributed by atoms with E-state index in [9.17, 15) is 9.18 Å². The van der Waals surface area contributed by atoms with E-state index in [0.717, 1.165) is 11.4 Å². The molecule has 0 aliphatic carbocycles. The summed E-state index contributed by atoms with van der Waals surface area (Å²) in [4.78, 5) is 16.7. The van der Waals surface area contributed by atoms with E-state index in [2.05, 4.69) is 15.4 Å². The average molecular weight is 352 g/mol. The summed E-state index contributed by atoms with van der Waals surface area (Å²) in [5, 5.41) is 7.49. The molecule has 0 atom stereocenters. The lowest BCUT2D eigenvalue weighted by molar-refractivity contribution is 0.102. The number of hydrogen-bond donors (Lipinski definition) is 1. The number of aryl methyl sites for hydroxylation is 1. The zero-order chi connectivity index (χ0) is 18.9. The van der Waals surface area contributed by atoms with Gasteiger partial charge in [-0.25, -0.2) is 9.07 Å². The van der Waals surface area contributed by atoms with Gasteiger partial charge in [-0.1, -0.05) is 20.8 Å². The topological polar surface area (TPSA) is 59.8 Å². The molecule has 5 nitrogen and oxygen atoms in total. The second-order valence-corrected chi connectivity index (χ2v) is 7.20. The van der Waals surface area contributed by atoms with Gasteiger partial charge in [0.25, 0.3) is 5.91 Å². The third-order valence-electron chi connectivity index (χ3n) is 3.96. The zero-order valence-electron chi connectivity index (χ0n) is 15.2. The Bertz CT molecular complexity index is 922. The lowest BCUT2D eigenvalue weighted by atomic mass is 9.92. The Morgan fingerprint density at radius 3 is 2.38 bits per heavy atom. The first kappa shape index (κ1) is 17.8. The number of halogens is 1. The number of nitrogens with one attached hydrogen (secondary N) is 1. The van der Waals surface area contributed by atoms with Crippen LogP contribution in [0.25, 0.3) is 5.69 Å². The van der Waals surface area contributed by atoms with Crippen LogP contribution in [-0.4, -0.2) is 20.7 Å². The molecular weight excluding hydrogens is 331 g/mol. The van der Waals surface area contributed by atoms with E-state index in [1.54, 1.807) is 28.9 Å². The van der Waals surface area contributed by atoms with Crippen LogP contribution >= 0.6 is 0 Å². The normalized spacial score (nSPS) is 11.4. The minimum absolute atomic E-state index is 0.198. The standard InChI is InChI=1S/C20H21FN4O/c1-13-5-6-14(12-22-13)19(26)23-18-11-17(20(2,3)4)24-25(18)16-9-7-15(21)8-10-16/h5-12H,1-4H3,(H,23,26). The van der Waals surface area contributed by atoms with Gasteiger partial charge < -0.3 is 5.32 Å². The van der Waals surface area contributed by atoms with Crippen LogP contribution in [0.4, 0.5) is 10.2 Å². The summed E-state index contributed by atoms with van der Waals surface area (Å²) in [6, 6.07) is 11.3. The maximum Gasteiger partial charge on any atom is 0.258 e. The first-order valence-corrected chi connectivity index (χ1v) is 8.34. The van der Waals surface area contributed by atoms with E-state index < -0.39 is 0 Å². The highest BCUT2D eigenvalue weighted by atomic mass is 19.1. The Hall–Kier alpha value is -3.02. The van der Waals surface area contributed by atoms with Crippen molar-refractivity contribution < 1.29 is 9.18 Å². The Labute approximate surface area is 151 Å². The van der Waals surface area contributed by atoms with Crippen LogP contribution in [0.1, 0.15) is 42.5 Å². The SMILES string of the molecule is Cc1ccc(C(=O)Nc2cc(C(C)(C)C)nn2-c2ccc(F)cc2)cn1. The van der Waals surface area contributed by atoms with Crippen LogP contribution in [0, 0.1) is 12.7 Å². The molecule has 0 bridgehead atoms. The van der Waals surface area contributed by atoms with Crippen molar-refractivity contribution in [1.82, 2.24) is 14.8 Å². The van der Waals surface area contributed by atoms with Crippen molar-refractivity contribution >= 4 is 11.7 Å². The number of pyridine rings is 1. The van der Waals surface area contributed by atoms with Gasteiger partial charge in [0.15, 0.2) is 0 Å². The van der Waals surface area contributed by atoms with E-state index in [1.807, 2.05) is 33.8 Å². The van der Waals surface area contributed by atoms with Crippen LogP contribution in [0.3, 0.4) is 0 Å². The third-order valence-corrected chi connectivity index (χ3v) is 3.96. The fourth-order valence-corrected chi connectivity index (χ4v) is 2.41. The van der Waals surface area contributed by atoms with Crippen LogP contribution in [0.5, 0.6) is 0 Å². The Kier molecular flexibility index (Phi) is 4.59. The number of anilines is 1. The van der Waals surface area contributed by atoms with Gasteiger partial charge in [-0.15, -0.1) is 0 Å². The number of rotatable bonds is 3. The van der Waals surface area contributed by atoms with E-state index in [-0.39, 0.29) is 17.1 Å². The summed E-state index contributed by atoms with van der Waals surface area (Å²) in [6.45, 7) is 7.99. The second-order valence-electron chi connectivity index (χ2n) is 7.20. The second kappa shape index (κ2) is 6.71. The van der Waals surface area contributed by atoms with Crippen LogP contribution in [0.2, 0.25) is 0 Å². The molecule has 0 aliphatic heterocycles. The van der Waals surface area contributed by atoms with Crippen molar-refractivity contribution in [1.29, 1.82) is 0 Å². The van der Waals surface area contributed by atoms with Gasteiger partial charge in [-0.2, -0.15) is 5.10 Å². The number of benzene rings is 1. The summed E-state index contributed by atoms with van der Waals surface area (Å²) in [7, 11) is 0. The highest BCUT2D eigenvalue weighted by Gasteiger charge is 2.22. The molecule has 26 heavy (non-hydrogen) atoms. The summed E-state index contributed by atoms with van der Waals surface area (Å²) in [5.74, 6) is -0.0819. The molecule has 0 saturated carbocycles.